The maximum atomic E-state index is 10.0. The van der Waals surface area contributed by atoms with E-state index < -0.39 is 5.60 Å². The van der Waals surface area contributed by atoms with Crippen molar-refractivity contribution < 1.29 is 9.84 Å². The minimum atomic E-state index is -0.534. The second kappa shape index (κ2) is 3.86. The van der Waals surface area contributed by atoms with Crippen molar-refractivity contribution in [1.82, 2.24) is 0 Å². The molecule has 0 aliphatic heterocycles. The zero-order chi connectivity index (χ0) is 11.8. The molecule has 2 nitrogen and oxygen atoms in total. The maximum Gasteiger partial charge on any atom is 0.0899 e. The van der Waals surface area contributed by atoms with E-state index in [1.54, 1.807) is 7.11 Å². The lowest BCUT2D eigenvalue weighted by Gasteiger charge is -2.23. The highest BCUT2D eigenvalue weighted by Crippen LogP contribution is 2.45. The molecule has 1 aromatic carbocycles. The van der Waals surface area contributed by atoms with Crippen molar-refractivity contribution in [2.24, 2.45) is 0 Å². The van der Waals surface area contributed by atoms with Crippen molar-refractivity contribution in [3.05, 3.63) is 35.4 Å². The van der Waals surface area contributed by atoms with Crippen LogP contribution >= 0.6 is 0 Å². The standard InChI is InChI=1S/C14H20O2/c1-13(2,16-3)10-11-5-4-6-12(9-11)14(15)7-8-14/h4-6,9,15H,7-8,10H2,1-3H3. The van der Waals surface area contributed by atoms with E-state index in [1.807, 2.05) is 12.1 Å². The average molecular weight is 220 g/mol. The van der Waals surface area contributed by atoms with Gasteiger partial charge in [-0.15, -0.1) is 0 Å². The summed E-state index contributed by atoms with van der Waals surface area (Å²) in [6.45, 7) is 4.15. The van der Waals surface area contributed by atoms with Gasteiger partial charge in [0.1, 0.15) is 0 Å². The molecule has 0 spiro atoms. The summed E-state index contributed by atoms with van der Waals surface area (Å²) in [4.78, 5) is 0. The van der Waals surface area contributed by atoms with E-state index in [0.29, 0.717) is 0 Å². The second-order valence-corrected chi connectivity index (χ2v) is 5.37. The van der Waals surface area contributed by atoms with Crippen LogP contribution in [0.1, 0.15) is 37.8 Å². The summed E-state index contributed by atoms with van der Waals surface area (Å²) < 4.78 is 5.42. The fraction of sp³-hybridized carbons (Fsp3) is 0.571. The molecule has 1 aliphatic carbocycles. The lowest BCUT2D eigenvalue weighted by molar-refractivity contribution is 0.0231. The van der Waals surface area contributed by atoms with Crippen molar-refractivity contribution in [3.63, 3.8) is 0 Å². The number of rotatable bonds is 4. The first-order chi connectivity index (χ1) is 7.45. The predicted molar refractivity (Wildman–Crippen MR) is 64.4 cm³/mol. The molecule has 0 bridgehead atoms. The first-order valence-electron chi connectivity index (χ1n) is 5.82. The Labute approximate surface area is 97.3 Å². The molecule has 1 saturated carbocycles. The van der Waals surface area contributed by atoms with Crippen LogP contribution in [0.15, 0.2) is 24.3 Å². The lowest BCUT2D eigenvalue weighted by atomic mass is 9.95. The third-order valence-corrected chi connectivity index (χ3v) is 3.37. The van der Waals surface area contributed by atoms with E-state index in [4.69, 9.17) is 4.74 Å². The van der Waals surface area contributed by atoms with Crippen LogP contribution in [0, 0.1) is 0 Å². The van der Waals surface area contributed by atoms with Gasteiger partial charge in [-0.1, -0.05) is 24.3 Å². The van der Waals surface area contributed by atoms with Gasteiger partial charge in [0.15, 0.2) is 0 Å². The number of hydrogen-bond acceptors (Lipinski definition) is 2. The SMILES string of the molecule is COC(C)(C)Cc1cccc(C2(O)CC2)c1. The molecular formula is C14H20O2. The summed E-state index contributed by atoms with van der Waals surface area (Å²) in [5, 5.41) is 10.0. The molecule has 0 unspecified atom stereocenters. The number of ether oxygens (including phenoxy) is 1. The van der Waals surface area contributed by atoms with E-state index in [2.05, 4.69) is 26.0 Å². The lowest BCUT2D eigenvalue weighted by Crippen LogP contribution is -2.25. The number of aliphatic hydroxyl groups is 1. The maximum absolute atomic E-state index is 10.0. The second-order valence-electron chi connectivity index (χ2n) is 5.37. The van der Waals surface area contributed by atoms with Crippen LogP contribution in [-0.4, -0.2) is 17.8 Å². The van der Waals surface area contributed by atoms with Crippen LogP contribution in [0.4, 0.5) is 0 Å². The van der Waals surface area contributed by atoms with Crippen LogP contribution in [0.2, 0.25) is 0 Å². The molecule has 0 aromatic heterocycles. The molecule has 2 heteroatoms. The zero-order valence-corrected chi connectivity index (χ0v) is 10.3. The van der Waals surface area contributed by atoms with E-state index in [-0.39, 0.29) is 5.60 Å². The molecule has 0 saturated heterocycles. The Morgan fingerprint density at radius 1 is 1.38 bits per heavy atom. The summed E-state index contributed by atoms with van der Waals surface area (Å²) >= 11 is 0. The van der Waals surface area contributed by atoms with Gasteiger partial charge in [-0.05, 0) is 37.8 Å². The largest absolute Gasteiger partial charge is 0.385 e. The molecule has 88 valence electrons. The zero-order valence-electron chi connectivity index (χ0n) is 10.3. The van der Waals surface area contributed by atoms with Crippen molar-refractivity contribution in [2.75, 3.05) is 7.11 Å². The van der Waals surface area contributed by atoms with Crippen LogP contribution in [0.5, 0.6) is 0 Å². The smallest absolute Gasteiger partial charge is 0.0899 e. The first-order valence-corrected chi connectivity index (χ1v) is 5.82. The average Bonchev–Trinajstić information content (AvgIpc) is 2.98. The number of methoxy groups -OCH3 is 1. The molecule has 0 heterocycles. The van der Waals surface area contributed by atoms with Gasteiger partial charge in [0.25, 0.3) is 0 Å². The fourth-order valence-corrected chi connectivity index (χ4v) is 1.94. The van der Waals surface area contributed by atoms with Crippen LogP contribution in [0.3, 0.4) is 0 Å². The van der Waals surface area contributed by atoms with Gasteiger partial charge in [0.05, 0.1) is 11.2 Å². The van der Waals surface area contributed by atoms with Crippen molar-refractivity contribution >= 4 is 0 Å². The van der Waals surface area contributed by atoms with Gasteiger partial charge in [-0.3, -0.25) is 0 Å². The molecule has 16 heavy (non-hydrogen) atoms. The molecule has 1 N–H and O–H groups in total. The summed E-state index contributed by atoms with van der Waals surface area (Å²) in [6.07, 6.45) is 2.65. The highest BCUT2D eigenvalue weighted by atomic mass is 16.5. The Morgan fingerprint density at radius 3 is 2.62 bits per heavy atom. The molecule has 0 radical (unpaired) electrons. The molecule has 1 aromatic rings. The van der Waals surface area contributed by atoms with Gasteiger partial charge in [-0.2, -0.15) is 0 Å². The fourth-order valence-electron chi connectivity index (χ4n) is 1.94. The summed E-state index contributed by atoms with van der Waals surface area (Å²) in [5.74, 6) is 0. The molecular weight excluding hydrogens is 200 g/mol. The summed E-state index contributed by atoms with van der Waals surface area (Å²) in [5.41, 5.74) is 1.60. The molecule has 1 aliphatic rings. The Balaban J connectivity index is 2.17. The number of benzene rings is 1. The molecule has 2 rings (SSSR count). The van der Waals surface area contributed by atoms with E-state index in [0.717, 1.165) is 24.8 Å². The Bertz CT molecular complexity index is 378. The van der Waals surface area contributed by atoms with E-state index in [9.17, 15) is 5.11 Å². The van der Waals surface area contributed by atoms with Crippen LogP contribution in [-0.2, 0) is 16.8 Å². The quantitative estimate of drug-likeness (QED) is 0.845. The van der Waals surface area contributed by atoms with Crippen molar-refractivity contribution in [2.45, 2.75) is 44.3 Å². The van der Waals surface area contributed by atoms with Crippen molar-refractivity contribution in [1.29, 1.82) is 0 Å². The van der Waals surface area contributed by atoms with E-state index >= 15 is 0 Å². The normalized spacial score (nSPS) is 18.5. The van der Waals surface area contributed by atoms with Crippen LogP contribution < -0.4 is 0 Å². The Morgan fingerprint density at radius 2 is 2.06 bits per heavy atom. The third-order valence-electron chi connectivity index (χ3n) is 3.37. The summed E-state index contributed by atoms with van der Waals surface area (Å²) in [6, 6.07) is 8.23. The number of hydrogen-bond donors (Lipinski definition) is 1. The van der Waals surface area contributed by atoms with E-state index in [1.165, 1.54) is 5.56 Å². The van der Waals surface area contributed by atoms with Gasteiger partial charge in [0, 0.05) is 13.5 Å². The van der Waals surface area contributed by atoms with Gasteiger partial charge < -0.3 is 9.84 Å². The Hall–Kier alpha value is -0.860. The minimum absolute atomic E-state index is 0.148. The predicted octanol–water partition coefficient (Wildman–Crippen LogP) is 2.64. The third kappa shape index (κ3) is 2.45. The van der Waals surface area contributed by atoms with Gasteiger partial charge in [-0.25, -0.2) is 0 Å². The Kier molecular flexibility index (Phi) is 2.81. The highest BCUT2D eigenvalue weighted by Gasteiger charge is 2.42. The van der Waals surface area contributed by atoms with Gasteiger partial charge >= 0.3 is 0 Å². The molecule has 1 fully saturated rings. The van der Waals surface area contributed by atoms with Gasteiger partial charge in [0.2, 0.25) is 0 Å². The molecule has 0 atom stereocenters. The molecule has 0 amide bonds. The minimum Gasteiger partial charge on any atom is -0.385 e. The first kappa shape index (κ1) is 11.6. The summed E-state index contributed by atoms with van der Waals surface area (Å²) in [7, 11) is 1.73. The topological polar surface area (TPSA) is 29.5 Å². The van der Waals surface area contributed by atoms with Crippen molar-refractivity contribution in [3.8, 4) is 0 Å². The van der Waals surface area contributed by atoms with Crippen LogP contribution in [0.25, 0.3) is 0 Å². The highest BCUT2D eigenvalue weighted by molar-refractivity contribution is 5.32. The monoisotopic (exact) mass is 220 g/mol.